The van der Waals surface area contributed by atoms with E-state index in [2.05, 4.69) is 73.6 Å². The molecule has 0 aromatic carbocycles. The Bertz CT molecular complexity index is 605. The lowest BCUT2D eigenvalue weighted by atomic mass is 9.91. The summed E-state index contributed by atoms with van der Waals surface area (Å²) in [4.78, 5) is 12.0. The van der Waals surface area contributed by atoms with Gasteiger partial charge in [0, 0.05) is 6.42 Å². The van der Waals surface area contributed by atoms with Gasteiger partial charge >= 0.3 is 5.97 Å². The highest BCUT2D eigenvalue weighted by molar-refractivity contribution is 5.69. The molecule has 0 aliphatic carbocycles. The molecule has 0 aliphatic rings. The summed E-state index contributed by atoms with van der Waals surface area (Å²) in [5.41, 5.74) is 4.06. The number of esters is 1. The standard InChI is InChI=1S/C32H58O2/c1-26(2)14-9-16-28(5)18-11-19-30(7)20-12-21-31(8)24-25-34-32(33)23-13-22-29(6)17-10-15-27(3)4/h15,22,24,26,28,30H,9-14,16-21,23,25H2,1-8H3/b29-22+,31-24+/t28-,30+/m0/s1. The third-order valence-corrected chi connectivity index (χ3v) is 6.75. The molecule has 0 bridgehead atoms. The number of rotatable bonds is 20. The molecule has 0 unspecified atom stereocenters. The first-order valence-electron chi connectivity index (χ1n) is 14.2. The van der Waals surface area contributed by atoms with Gasteiger partial charge in [0.25, 0.3) is 0 Å². The summed E-state index contributed by atoms with van der Waals surface area (Å²) in [5.74, 6) is 2.44. The highest BCUT2D eigenvalue weighted by Gasteiger charge is 2.07. The van der Waals surface area contributed by atoms with Crippen molar-refractivity contribution < 1.29 is 9.53 Å². The van der Waals surface area contributed by atoms with E-state index in [1.54, 1.807) is 0 Å². The molecule has 2 heteroatoms. The van der Waals surface area contributed by atoms with Crippen molar-refractivity contribution in [1.29, 1.82) is 0 Å². The first kappa shape index (κ1) is 32.7. The van der Waals surface area contributed by atoms with Crippen LogP contribution in [0.3, 0.4) is 0 Å². The second-order valence-electron chi connectivity index (χ2n) is 11.5. The van der Waals surface area contributed by atoms with Gasteiger partial charge in [-0.3, -0.25) is 4.79 Å². The fourth-order valence-electron chi connectivity index (χ4n) is 4.29. The van der Waals surface area contributed by atoms with Crippen LogP contribution in [0.5, 0.6) is 0 Å². The minimum atomic E-state index is -0.0931. The molecule has 0 aromatic rings. The van der Waals surface area contributed by atoms with E-state index in [0.717, 1.165) is 43.4 Å². The predicted octanol–water partition coefficient (Wildman–Crippen LogP) is 10.4. The SMILES string of the molecule is CC(C)=CCC/C(C)=C/CCC(=O)OC/C=C(\C)CCC[C@H](C)CCC[C@@H](C)CCCC(C)C. The number of carbonyl (C=O) groups is 1. The van der Waals surface area contributed by atoms with E-state index in [1.807, 2.05) is 0 Å². The van der Waals surface area contributed by atoms with E-state index in [4.69, 9.17) is 4.74 Å². The molecule has 2 atom stereocenters. The van der Waals surface area contributed by atoms with E-state index < -0.39 is 0 Å². The topological polar surface area (TPSA) is 26.3 Å². The summed E-state index contributed by atoms with van der Waals surface area (Å²) in [5, 5.41) is 0. The predicted molar refractivity (Wildman–Crippen MR) is 151 cm³/mol. The maximum absolute atomic E-state index is 12.0. The van der Waals surface area contributed by atoms with E-state index >= 15 is 0 Å². The molecule has 0 N–H and O–H groups in total. The van der Waals surface area contributed by atoms with Gasteiger partial charge in [0.15, 0.2) is 0 Å². The van der Waals surface area contributed by atoms with Crippen molar-refractivity contribution in [3.05, 3.63) is 34.9 Å². The second kappa shape index (κ2) is 21.0. The molecule has 34 heavy (non-hydrogen) atoms. The van der Waals surface area contributed by atoms with Gasteiger partial charge < -0.3 is 4.74 Å². The summed E-state index contributed by atoms with van der Waals surface area (Å²) in [6.07, 6.45) is 21.8. The van der Waals surface area contributed by atoms with E-state index in [0.29, 0.717) is 13.0 Å². The first-order valence-corrected chi connectivity index (χ1v) is 14.2. The Morgan fingerprint density at radius 2 is 1.18 bits per heavy atom. The number of ether oxygens (including phenoxy) is 1. The number of hydrogen-bond acceptors (Lipinski definition) is 2. The smallest absolute Gasteiger partial charge is 0.306 e. The molecule has 2 nitrogen and oxygen atoms in total. The molecule has 0 radical (unpaired) electrons. The van der Waals surface area contributed by atoms with Crippen molar-refractivity contribution in [3.63, 3.8) is 0 Å². The van der Waals surface area contributed by atoms with Gasteiger partial charge in [-0.05, 0) is 83.6 Å². The monoisotopic (exact) mass is 474 g/mol. The highest BCUT2D eigenvalue weighted by Crippen LogP contribution is 2.22. The Hall–Kier alpha value is -1.31. The molecule has 198 valence electrons. The van der Waals surface area contributed by atoms with Gasteiger partial charge in [0.05, 0.1) is 0 Å². The second-order valence-corrected chi connectivity index (χ2v) is 11.5. The zero-order valence-electron chi connectivity index (χ0n) is 24.2. The van der Waals surface area contributed by atoms with Crippen LogP contribution in [-0.4, -0.2) is 12.6 Å². The van der Waals surface area contributed by atoms with E-state index in [9.17, 15) is 4.79 Å². The lowest BCUT2D eigenvalue weighted by molar-refractivity contribution is -0.142. The molecule has 0 saturated carbocycles. The lowest BCUT2D eigenvalue weighted by Crippen LogP contribution is -2.04. The van der Waals surface area contributed by atoms with Crippen LogP contribution in [0.1, 0.15) is 139 Å². The minimum absolute atomic E-state index is 0.0931. The number of allylic oxidation sites excluding steroid dienone is 5. The largest absolute Gasteiger partial charge is 0.461 e. The summed E-state index contributed by atoms with van der Waals surface area (Å²) in [6.45, 7) is 18.5. The first-order chi connectivity index (χ1) is 16.1. The Morgan fingerprint density at radius 3 is 1.76 bits per heavy atom. The van der Waals surface area contributed by atoms with Crippen LogP contribution >= 0.6 is 0 Å². The molecule has 0 amide bonds. The molecule has 0 saturated heterocycles. The summed E-state index contributed by atoms with van der Waals surface area (Å²) in [7, 11) is 0. The van der Waals surface area contributed by atoms with Gasteiger partial charge in [-0.1, -0.05) is 102 Å². The zero-order valence-corrected chi connectivity index (χ0v) is 24.2. The molecule has 0 aliphatic heterocycles. The number of carbonyl (C=O) groups excluding carboxylic acids is 1. The fraction of sp³-hybridized carbons (Fsp3) is 0.781. The third-order valence-electron chi connectivity index (χ3n) is 6.75. The zero-order chi connectivity index (χ0) is 25.8. The normalized spacial score (nSPS) is 14.3. The van der Waals surface area contributed by atoms with E-state index in [-0.39, 0.29) is 5.97 Å². The Morgan fingerprint density at radius 1 is 0.647 bits per heavy atom. The van der Waals surface area contributed by atoms with Crippen LogP contribution in [0.25, 0.3) is 0 Å². The maximum Gasteiger partial charge on any atom is 0.306 e. The van der Waals surface area contributed by atoms with Gasteiger partial charge in [-0.25, -0.2) is 0 Å². The van der Waals surface area contributed by atoms with Gasteiger partial charge in [-0.2, -0.15) is 0 Å². The highest BCUT2D eigenvalue weighted by atomic mass is 16.5. The van der Waals surface area contributed by atoms with E-state index in [1.165, 1.54) is 68.1 Å². The van der Waals surface area contributed by atoms with Crippen LogP contribution in [-0.2, 0) is 9.53 Å². The molecule has 0 heterocycles. The van der Waals surface area contributed by atoms with Crippen molar-refractivity contribution >= 4 is 5.97 Å². The average molecular weight is 475 g/mol. The van der Waals surface area contributed by atoms with Crippen molar-refractivity contribution in [3.8, 4) is 0 Å². The molecule has 0 aromatic heterocycles. The van der Waals surface area contributed by atoms with Gasteiger partial charge in [0.1, 0.15) is 6.61 Å². The van der Waals surface area contributed by atoms with Crippen molar-refractivity contribution in [2.45, 2.75) is 139 Å². The van der Waals surface area contributed by atoms with Crippen LogP contribution < -0.4 is 0 Å². The molecular weight excluding hydrogens is 416 g/mol. The quantitative estimate of drug-likeness (QED) is 0.129. The maximum atomic E-state index is 12.0. The van der Waals surface area contributed by atoms with Crippen molar-refractivity contribution in [2.75, 3.05) is 6.61 Å². The van der Waals surface area contributed by atoms with Crippen molar-refractivity contribution in [2.24, 2.45) is 17.8 Å². The van der Waals surface area contributed by atoms with Crippen LogP contribution in [0, 0.1) is 17.8 Å². The Balaban J connectivity index is 3.84. The molecule has 0 fully saturated rings. The fourth-order valence-corrected chi connectivity index (χ4v) is 4.29. The van der Waals surface area contributed by atoms with Crippen molar-refractivity contribution in [1.82, 2.24) is 0 Å². The Kier molecular flexibility index (Phi) is 20.2. The summed E-state index contributed by atoms with van der Waals surface area (Å²) in [6, 6.07) is 0. The Labute approximate surface area is 213 Å². The molecule has 0 rings (SSSR count). The minimum Gasteiger partial charge on any atom is -0.461 e. The summed E-state index contributed by atoms with van der Waals surface area (Å²) >= 11 is 0. The average Bonchev–Trinajstić information content (AvgIpc) is 2.73. The van der Waals surface area contributed by atoms with Gasteiger partial charge in [-0.15, -0.1) is 0 Å². The molecule has 0 spiro atoms. The van der Waals surface area contributed by atoms with Crippen LogP contribution in [0.4, 0.5) is 0 Å². The van der Waals surface area contributed by atoms with Crippen LogP contribution in [0.2, 0.25) is 0 Å². The van der Waals surface area contributed by atoms with Gasteiger partial charge in [0.2, 0.25) is 0 Å². The summed E-state index contributed by atoms with van der Waals surface area (Å²) < 4.78 is 5.40. The molecular formula is C32H58O2. The van der Waals surface area contributed by atoms with Crippen LogP contribution in [0.15, 0.2) is 34.9 Å². The number of hydrogen-bond donors (Lipinski definition) is 0. The lowest BCUT2D eigenvalue weighted by Gasteiger charge is -2.15. The third kappa shape index (κ3) is 22.5.